The van der Waals surface area contributed by atoms with Gasteiger partial charge in [-0.3, -0.25) is 14.4 Å². The molecule has 0 aliphatic carbocycles. The summed E-state index contributed by atoms with van der Waals surface area (Å²) in [5.41, 5.74) is 1.01. The lowest BCUT2D eigenvalue weighted by atomic mass is 10.1. The van der Waals surface area contributed by atoms with Crippen molar-refractivity contribution in [2.24, 2.45) is 0 Å². The van der Waals surface area contributed by atoms with Gasteiger partial charge in [0.2, 0.25) is 5.91 Å². The summed E-state index contributed by atoms with van der Waals surface area (Å²) in [4.78, 5) is 36.0. The van der Waals surface area contributed by atoms with Crippen LogP contribution < -0.4 is 10.2 Å². The summed E-state index contributed by atoms with van der Waals surface area (Å²) >= 11 is 0. The van der Waals surface area contributed by atoms with Crippen LogP contribution in [0.2, 0.25) is 0 Å². The molecule has 1 aliphatic heterocycles. The molecule has 0 unspecified atom stereocenters. The molecular weight excluding hydrogens is 260 g/mol. The third-order valence-electron chi connectivity index (χ3n) is 3.21. The van der Waals surface area contributed by atoms with Crippen molar-refractivity contribution in [2.75, 3.05) is 11.4 Å². The maximum Gasteiger partial charge on any atom is 0.325 e. The second kappa shape index (κ2) is 5.73. The number of aliphatic carboxylic acids is 1. The fourth-order valence-corrected chi connectivity index (χ4v) is 2.08. The van der Waals surface area contributed by atoms with Gasteiger partial charge in [-0.25, -0.2) is 0 Å². The third kappa shape index (κ3) is 2.96. The predicted octanol–water partition coefficient (Wildman–Crippen LogP) is 1.02. The average molecular weight is 276 g/mol. The lowest BCUT2D eigenvalue weighted by Gasteiger charge is -2.17. The molecule has 6 heteroatoms. The van der Waals surface area contributed by atoms with E-state index < -0.39 is 17.9 Å². The van der Waals surface area contributed by atoms with Crippen LogP contribution in [0.1, 0.15) is 30.1 Å². The van der Waals surface area contributed by atoms with Gasteiger partial charge in [0, 0.05) is 24.2 Å². The maximum absolute atomic E-state index is 11.9. The maximum atomic E-state index is 11.9. The highest BCUT2D eigenvalue weighted by Crippen LogP contribution is 2.22. The molecule has 0 saturated carbocycles. The highest BCUT2D eigenvalue weighted by molar-refractivity contribution is 6.00. The van der Waals surface area contributed by atoms with Crippen LogP contribution in [0.5, 0.6) is 0 Å². The Bertz CT molecular complexity index is 556. The lowest BCUT2D eigenvalue weighted by molar-refractivity contribution is -0.138. The predicted molar refractivity (Wildman–Crippen MR) is 72.6 cm³/mol. The number of amides is 2. The molecule has 0 aromatic heterocycles. The average Bonchev–Trinajstić information content (AvgIpc) is 2.85. The first-order valence-corrected chi connectivity index (χ1v) is 6.43. The van der Waals surface area contributed by atoms with Crippen molar-refractivity contribution >= 4 is 23.5 Å². The van der Waals surface area contributed by atoms with Crippen LogP contribution in [-0.2, 0) is 9.59 Å². The van der Waals surface area contributed by atoms with Gasteiger partial charge in [-0.05, 0) is 31.5 Å². The Morgan fingerprint density at radius 3 is 2.75 bits per heavy atom. The Labute approximate surface area is 116 Å². The summed E-state index contributed by atoms with van der Waals surface area (Å²) in [7, 11) is 0. The molecule has 2 amide bonds. The summed E-state index contributed by atoms with van der Waals surface area (Å²) in [6, 6.07) is 5.68. The molecule has 2 N–H and O–H groups in total. The van der Waals surface area contributed by atoms with Gasteiger partial charge in [0.15, 0.2) is 0 Å². The van der Waals surface area contributed by atoms with E-state index in [0.29, 0.717) is 24.2 Å². The summed E-state index contributed by atoms with van der Waals surface area (Å²) in [5.74, 6) is -1.51. The molecule has 6 nitrogen and oxygen atoms in total. The van der Waals surface area contributed by atoms with Gasteiger partial charge in [0.1, 0.15) is 6.04 Å². The molecule has 0 radical (unpaired) electrons. The molecule has 1 aliphatic rings. The summed E-state index contributed by atoms with van der Waals surface area (Å²) in [6.45, 7) is 2.05. The van der Waals surface area contributed by atoms with Crippen LogP contribution in [0.3, 0.4) is 0 Å². The van der Waals surface area contributed by atoms with E-state index in [1.165, 1.54) is 6.92 Å². The first-order chi connectivity index (χ1) is 9.49. The monoisotopic (exact) mass is 276 g/mol. The van der Waals surface area contributed by atoms with Crippen LogP contribution in [0.15, 0.2) is 24.3 Å². The number of carboxylic acid groups (broad SMARTS) is 1. The van der Waals surface area contributed by atoms with Crippen molar-refractivity contribution in [3.05, 3.63) is 29.8 Å². The number of benzene rings is 1. The zero-order valence-corrected chi connectivity index (χ0v) is 11.1. The molecule has 0 spiro atoms. The Hall–Kier alpha value is -2.37. The first-order valence-electron chi connectivity index (χ1n) is 6.43. The third-order valence-corrected chi connectivity index (χ3v) is 3.21. The molecule has 20 heavy (non-hydrogen) atoms. The summed E-state index contributed by atoms with van der Waals surface area (Å²) < 4.78 is 0. The summed E-state index contributed by atoms with van der Waals surface area (Å²) in [5, 5.41) is 11.2. The number of hydrogen-bond donors (Lipinski definition) is 2. The van der Waals surface area contributed by atoms with E-state index in [-0.39, 0.29) is 5.91 Å². The number of carboxylic acids is 1. The van der Waals surface area contributed by atoms with E-state index in [9.17, 15) is 14.4 Å². The Morgan fingerprint density at radius 2 is 2.15 bits per heavy atom. The zero-order chi connectivity index (χ0) is 14.7. The molecular formula is C14H16N2O4. The normalized spacial score (nSPS) is 16.1. The van der Waals surface area contributed by atoms with Gasteiger partial charge in [0.25, 0.3) is 5.91 Å². The molecule has 106 valence electrons. The van der Waals surface area contributed by atoms with Gasteiger partial charge < -0.3 is 15.3 Å². The summed E-state index contributed by atoms with van der Waals surface area (Å²) in [6.07, 6.45) is 1.33. The largest absolute Gasteiger partial charge is 0.480 e. The van der Waals surface area contributed by atoms with Crippen molar-refractivity contribution in [3.8, 4) is 0 Å². The van der Waals surface area contributed by atoms with E-state index >= 15 is 0 Å². The number of carbonyl (C=O) groups is 3. The molecule has 1 heterocycles. The molecule has 1 aromatic rings. The Balaban J connectivity index is 2.15. The fraction of sp³-hybridized carbons (Fsp3) is 0.357. The quantitative estimate of drug-likeness (QED) is 0.859. The van der Waals surface area contributed by atoms with Crippen molar-refractivity contribution in [1.82, 2.24) is 5.32 Å². The minimum atomic E-state index is -1.09. The van der Waals surface area contributed by atoms with Crippen molar-refractivity contribution in [3.63, 3.8) is 0 Å². The number of hydrogen-bond acceptors (Lipinski definition) is 3. The highest BCUT2D eigenvalue weighted by atomic mass is 16.4. The number of rotatable bonds is 4. The van der Waals surface area contributed by atoms with Crippen molar-refractivity contribution in [1.29, 1.82) is 0 Å². The highest BCUT2D eigenvalue weighted by Gasteiger charge is 2.22. The second-order valence-electron chi connectivity index (χ2n) is 4.73. The number of nitrogens with one attached hydrogen (secondary N) is 1. The number of anilines is 1. The molecule has 1 saturated heterocycles. The van der Waals surface area contributed by atoms with Gasteiger partial charge in [-0.2, -0.15) is 0 Å². The van der Waals surface area contributed by atoms with E-state index in [0.717, 1.165) is 6.42 Å². The van der Waals surface area contributed by atoms with Crippen molar-refractivity contribution < 1.29 is 19.5 Å². The topological polar surface area (TPSA) is 86.7 Å². The fourth-order valence-electron chi connectivity index (χ4n) is 2.08. The smallest absolute Gasteiger partial charge is 0.325 e. The Kier molecular flexibility index (Phi) is 4.02. The van der Waals surface area contributed by atoms with Gasteiger partial charge in [0.05, 0.1) is 0 Å². The zero-order valence-electron chi connectivity index (χ0n) is 11.1. The number of carbonyl (C=O) groups excluding carboxylic acids is 2. The van der Waals surface area contributed by atoms with Crippen LogP contribution in [0.4, 0.5) is 5.69 Å². The standard InChI is InChI=1S/C14H16N2O4/c1-9(14(19)20)15-13(18)10-4-2-5-11(8-10)16-7-3-6-12(16)17/h2,4-5,8-9H,3,6-7H2,1H3,(H,15,18)(H,19,20)/t9-/m1/s1. The molecule has 2 rings (SSSR count). The molecule has 1 aromatic carbocycles. The van der Waals surface area contributed by atoms with Crippen LogP contribution >= 0.6 is 0 Å². The first kappa shape index (κ1) is 14.0. The van der Waals surface area contributed by atoms with Gasteiger partial charge in [-0.15, -0.1) is 0 Å². The Morgan fingerprint density at radius 1 is 1.40 bits per heavy atom. The van der Waals surface area contributed by atoms with E-state index in [2.05, 4.69) is 5.32 Å². The minimum Gasteiger partial charge on any atom is -0.480 e. The molecule has 1 atom stereocenters. The van der Waals surface area contributed by atoms with Crippen molar-refractivity contribution in [2.45, 2.75) is 25.8 Å². The van der Waals surface area contributed by atoms with E-state index in [4.69, 9.17) is 5.11 Å². The van der Waals surface area contributed by atoms with E-state index in [1.54, 1.807) is 29.2 Å². The second-order valence-corrected chi connectivity index (χ2v) is 4.73. The molecule has 1 fully saturated rings. The van der Waals surface area contributed by atoms with Crippen LogP contribution in [-0.4, -0.2) is 35.5 Å². The minimum absolute atomic E-state index is 0.0430. The SMILES string of the molecule is C[C@@H](NC(=O)c1cccc(N2CCCC2=O)c1)C(=O)O. The van der Waals surface area contributed by atoms with E-state index in [1.807, 2.05) is 0 Å². The van der Waals surface area contributed by atoms with Gasteiger partial charge >= 0.3 is 5.97 Å². The van der Waals surface area contributed by atoms with Gasteiger partial charge in [-0.1, -0.05) is 6.07 Å². The number of nitrogens with zero attached hydrogens (tertiary/aromatic N) is 1. The van der Waals surface area contributed by atoms with Crippen LogP contribution in [0.25, 0.3) is 0 Å². The molecule has 0 bridgehead atoms. The lowest BCUT2D eigenvalue weighted by Crippen LogP contribution is -2.38. The van der Waals surface area contributed by atoms with Crippen LogP contribution in [0, 0.1) is 0 Å².